The molecule has 0 aromatic heterocycles. The lowest BCUT2D eigenvalue weighted by atomic mass is 9.84. The number of halogens is 1. The maximum Gasteiger partial charge on any atom is 0.235 e. The number of aliphatic imine (C=N–C) groups is 1. The number of isocyanates is 1. The van der Waals surface area contributed by atoms with Gasteiger partial charge in [-0.25, -0.2) is 4.79 Å². The fraction of sp³-hybridized carbons (Fsp3) is 0.533. The van der Waals surface area contributed by atoms with E-state index < -0.39 is 5.54 Å². The van der Waals surface area contributed by atoms with Gasteiger partial charge in [0.25, 0.3) is 0 Å². The molecule has 0 saturated heterocycles. The van der Waals surface area contributed by atoms with Crippen LogP contribution in [0.5, 0.6) is 11.5 Å². The highest BCUT2D eigenvalue weighted by atomic mass is 35.5. The third kappa shape index (κ3) is 1.91. The van der Waals surface area contributed by atoms with Crippen molar-refractivity contribution in [3.05, 3.63) is 22.2 Å². The van der Waals surface area contributed by atoms with E-state index in [0.717, 1.165) is 49.0 Å². The minimum absolute atomic E-state index is 0.214. The van der Waals surface area contributed by atoms with Crippen LogP contribution in [0.25, 0.3) is 0 Å². The summed E-state index contributed by atoms with van der Waals surface area (Å²) in [6.07, 6.45) is 6.24. The molecule has 5 heteroatoms. The van der Waals surface area contributed by atoms with Gasteiger partial charge in [0, 0.05) is 17.2 Å². The highest BCUT2D eigenvalue weighted by molar-refractivity contribution is 6.31. The molecule has 0 atom stereocenters. The average molecular weight is 294 g/mol. The van der Waals surface area contributed by atoms with Crippen LogP contribution < -0.4 is 9.47 Å². The topological polar surface area (TPSA) is 47.9 Å². The number of fused-ring (bicyclic) bond motifs is 1. The van der Waals surface area contributed by atoms with Crippen molar-refractivity contribution in [2.45, 2.75) is 44.6 Å². The highest BCUT2D eigenvalue weighted by Gasteiger charge is 2.41. The fourth-order valence-corrected chi connectivity index (χ4v) is 3.77. The minimum Gasteiger partial charge on any atom is -0.454 e. The molecule has 0 unspecified atom stereocenters. The van der Waals surface area contributed by atoms with E-state index in [-0.39, 0.29) is 6.79 Å². The zero-order chi connectivity index (χ0) is 14.2. The molecule has 4 nitrogen and oxygen atoms in total. The Bertz CT molecular complexity index is 587. The smallest absolute Gasteiger partial charge is 0.235 e. The monoisotopic (exact) mass is 293 g/mol. The molecule has 20 heavy (non-hydrogen) atoms. The van der Waals surface area contributed by atoms with Gasteiger partial charge >= 0.3 is 0 Å². The van der Waals surface area contributed by atoms with E-state index in [4.69, 9.17) is 21.1 Å². The van der Waals surface area contributed by atoms with Crippen molar-refractivity contribution in [1.82, 2.24) is 0 Å². The summed E-state index contributed by atoms with van der Waals surface area (Å²) in [6, 6.07) is 1.78. The first-order chi connectivity index (χ1) is 9.72. The lowest BCUT2D eigenvalue weighted by Crippen LogP contribution is -2.22. The van der Waals surface area contributed by atoms with E-state index in [1.165, 1.54) is 0 Å². The standard InChI is InChI=1S/C15H16ClNO3/c1-2-10-13(15(17-8-18)5-3-4-6-15)11(16)7-12-14(10)20-9-19-12/h7H,2-6,9H2,1H3. The summed E-state index contributed by atoms with van der Waals surface area (Å²) >= 11 is 6.47. The van der Waals surface area contributed by atoms with Crippen molar-refractivity contribution >= 4 is 17.7 Å². The second-order valence-electron chi connectivity index (χ2n) is 5.24. The van der Waals surface area contributed by atoms with Crippen LogP contribution in [-0.2, 0) is 16.8 Å². The third-order valence-electron chi connectivity index (χ3n) is 4.22. The number of benzene rings is 1. The second kappa shape index (κ2) is 5.12. The molecule has 1 aliphatic carbocycles. The van der Waals surface area contributed by atoms with E-state index in [1.807, 2.05) is 6.92 Å². The van der Waals surface area contributed by atoms with Gasteiger partial charge in [0.15, 0.2) is 11.5 Å². The highest BCUT2D eigenvalue weighted by Crippen LogP contribution is 2.51. The van der Waals surface area contributed by atoms with Crippen LogP contribution in [0.4, 0.5) is 0 Å². The van der Waals surface area contributed by atoms with Crippen molar-refractivity contribution in [1.29, 1.82) is 0 Å². The van der Waals surface area contributed by atoms with Gasteiger partial charge in [-0.3, -0.25) is 0 Å². The van der Waals surface area contributed by atoms with Crippen LogP contribution in [0, 0.1) is 0 Å². The molecular formula is C15H16ClNO3. The molecule has 3 rings (SSSR count). The Balaban J connectivity index is 2.25. The fourth-order valence-electron chi connectivity index (χ4n) is 3.38. The molecule has 1 aromatic rings. The number of hydrogen-bond donors (Lipinski definition) is 0. The predicted molar refractivity (Wildman–Crippen MR) is 75.2 cm³/mol. The molecule has 1 saturated carbocycles. The van der Waals surface area contributed by atoms with Gasteiger partial charge < -0.3 is 9.47 Å². The lowest BCUT2D eigenvalue weighted by molar-refractivity contribution is 0.173. The van der Waals surface area contributed by atoms with Crippen molar-refractivity contribution in [2.75, 3.05) is 6.79 Å². The number of rotatable bonds is 3. The first-order valence-electron chi connectivity index (χ1n) is 6.92. The van der Waals surface area contributed by atoms with Crippen molar-refractivity contribution in [2.24, 2.45) is 4.99 Å². The van der Waals surface area contributed by atoms with Crippen molar-refractivity contribution in [3.8, 4) is 11.5 Å². The van der Waals surface area contributed by atoms with E-state index in [0.29, 0.717) is 10.8 Å². The summed E-state index contributed by atoms with van der Waals surface area (Å²) in [6.45, 7) is 2.26. The third-order valence-corrected chi connectivity index (χ3v) is 4.52. The Morgan fingerprint density at radius 2 is 2.15 bits per heavy atom. The van der Waals surface area contributed by atoms with Crippen molar-refractivity contribution < 1.29 is 14.3 Å². The zero-order valence-corrected chi connectivity index (χ0v) is 12.1. The van der Waals surface area contributed by atoms with Crippen LogP contribution >= 0.6 is 11.6 Å². The van der Waals surface area contributed by atoms with Gasteiger partial charge in [-0.05, 0) is 19.3 Å². The molecule has 0 radical (unpaired) electrons. The summed E-state index contributed by atoms with van der Waals surface area (Å²) in [5.41, 5.74) is 1.39. The van der Waals surface area contributed by atoms with Gasteiger partial charge in [0.2, 0.25) is 12.9 Å². The van der Waals surface area contributed by atoms with Crippen LogP contribution in [0.2, 0.25) is 5.02 Å². The van der Waals surface area contributed by atoms with Crippen LogP contribution in [0.3, 0.4) is 0 Å². The van der Waals surface area contributed by atoms with E-state index in [9.17, 15) is 4.79 Å². The molecule has 1 heterocycles. The Morgan fingerprint density at radius 3 is 2.80 bits per heavy atom. The first kappa shape index (κ1) is 13.5. The molecule has 2 aliphatic rings. The molecule has 0 spiro atoms. The van der Waals surface area contributed by atoms with E-state index in [1.54, 1.807) is 12.1 Å². The van der Waals surface area contributed by atoms with Gasteiger partial charge in [0.05, 0.1) is 5.02 Å². The maximum atomic E-state index is 10.9. The van der Waals surface area contributed by atoms with E-state index in [2.05, 4.69) is 4.99 Å². The van der Waals surface area contributed by atoms with E-state index >= 15 is 0 Å². The number of nitrogens with zero attached hydrogens (tertiary/aromatic N) is 1. The van der Waals surface area contributed by atoms with Gasteiger partial charge in [-0.2, -0.15) is 4.99 Å². The summed E-state index contributed by atoms with van der Waals surface area (Å²) in [4.78, 5) is 15.0. The minimum atomic E-state index is -0.537. The van der Waals surface area contributed by atoms with Gasteiger partial charge in [-0.1, -0.05) is 31.4 Å². The zero-order valence-electron chi connectivity index (χ0n) is 11.4. The van der Waals surface area contributed by atoms with Crippen LogP contribution in [0.15, 0.2) is 11.1 Å². The second-order valence-corrected chi connectivity index (χ2v) is 5.65. The average Bonchev–Trinajstić information content (AvgIpc) is 3.06. The number of hydrogen-bond acceptors (Lipinski definition) is 4. The summed E-state index contributed by atoms with van der Waals surface area (Å²) in [5.74, 6) is 1.43. The predicted octanol–water partition coefficient (Wildman–Crippen LogP) is 3.74. The van der Waals surface area contributed by atoms with Crippen molar-refractivity contribution in [3.63, 3.8) is 0 Å². The maximum absolute atomic E-state index is 10.9. The van der Waals surface area contributed by atoms with Crippen LogP contribution in [-0.4, -0.2) is 12.9 Å². The Labute approximate surface area is 122 Å². The molecular weight excluding hydrogens is 278 g/mol. The Hall–Kier alpha value is -1.51. The first-order valence-corrected chi connectivity index (χ1v) is 7.30. The Morgan fingerprint density at radius 1 is 1.40 bits per heavy atom. The van der Waals surface area contributed by atoms with Gasteiger partial charge in [-0.15, -0.1) is 0 Å². The molecule has 0 N–H and O–H groups in total. The normalized spacial score (nSPS) is 18.9. The SMILES string of the molecule is CCc1c2c(cc(Cl)c1C1(N=C=O)CCCC1)OCO2. The number of ether oxygens (including phenoxy) is 2. The number of carbonyl (C=O) groups excluding carboxylic acids is 1. The molecule has 0 amide bonds. The Kier molecular flexibility index (Phi) is 3.45. The molecule has 1 aromatic carbocycles. The summed E-state index contributed by atoms with van der Waals surface area (Å²) in [5, 5.41) is 0.604. The molecule has 106 valence electrons. The quantitative estimate of drug-likeness (QED) is 0.630. The van der Waals surface area contributed by atoms with Crippen LogP contribution in [0.1, 0.15) is 43.7 Å². The molecule has 0 bridgehead atoms. The van der Waals surface area contributed by atoms with Gasteiger partial charge in [0.1, 0.15) is 5.54 Å². The summed E-state index contributed by atoms with van der Waals surface area (Å²) < 4.78 is 11.0. The molecule has 1 aliphatic heterocycles. The molecule has 1 fully saturated rings. The summed E-state index contributed by atoms with van der Waals surface area (Å²) in [7, 11) is 0. The lowest BCUT2D eigenvalue weighted by Gasteiger charge is -2.27. The largest absolute Gasteiger partial charge is 0.454 e.